The number of hydrogen-bond acceptors (Lipinski definition) is 3. The van der Waals surface area contributed by atoms with Crippen LogP contribution in [0.4, 0.5) is 0 Å². The summed E-state index contributed by atoms with van der Waals surface area (Å²) in [6.07, 6.45) is 10.7. The summed E-state index contributed by atoms with van der Waals surface area (Å²) in [5.74, 6) is 0.169. The van der Waals surface area contributed by atoms with Crippen LogP contribution in [0.3, 0.4) is 0 Å². The third-order valence-corrected chi connectivity index (χ3v) is 5.64. The number of hydrogen-bond donors (Lipinski definition) is 0. The van der Waals surface area contributed by atoms with E-state index in [-0.39, 0.29) is 11.4 Å². The first-order valence-electron chi connectivity index (χ1n) is 8.58. The van der Waals surface area contributed by atoms with Crippen molar-refractivity contribution in [3.8, 4) is 0 Å². The SMILES string of the molecule is CCN(C)C1CN(C(=O)c2cccnc2)C2(CCCCC2)C1. The summed E-state index contributed by atoms with van der Waals surface area (Å²) in [5.41, 5.74) is 0.812. The average molecular weight is 301 g/mol. The van der Waals surface area contributed by atoms with Crippen molar-refractivity contribution >= 4 is 5.91 Å². The number of amides is 1. The molecular weight excluding hydrogens is 274 g/mol. The van der Waals surface area contributed by atoms with E-state index in [0.29, 0.717) is 6.04 Å². The summed E-state index contributed by atoms with van der Waals surface area (Å²) in [6, 6.07) is 4.23. The Balaban J connectivity index is 1.87. The van der Waals surface area contributed by atoms with E-state index in [4.69, 9.17) is 0 Å². The molecule has 0 radical (unpaired) electrons. The van der Waals surface area contributed by atoms with Gasteiger partial charge in [0.1, 0.15) is 0 Å². The minimum absolute atomic E-state index is 0.0826. The van der Waals surface area contributed by atoms with Crippen LogP contribution in [0.2, 0.25) is 0 Å². The summed E-state index contributed by atoms with van der Waals surface area (Å²) in [5, 5.41) is 0. The number of rotatable bonds is 3. The van der Waals surface area contributed by atoms with Crippen molar-refractivity contribution in [2.75, 3.05) is 20.1 Å². The van der Waals surface area contributed by atoms with Gasteiger partial charge in [0.2, 0.25) is 0 Å². The largest absolute Gasteiger partial charge is 0.331 e. The van der Waals surface area contributed by atoms with Crippen molar-refractivity contribution < 1.29 is 4.79 Å². The number of pyridine rings is 1. The first-order valence-corrected chi connectivity index (χ1v) is 8.58. The highest BCUT2D eigenvalue weighted by Crippen LogP contribution is 2.43. The molecule has 120 valence electrons. The zero-order chi connectivity index (χ0) is 15.6. The maximum Gasteiger partial charge on any atom is 0.255 e. The number of carbonyl (C=O) groups is 1. The maximum atomic E-state index is 13.0. The Bertz CT molecular complexity index is 510. The van der Waals surface area contributed by atoms with Gasteiger partial charge < -0.3 is 9.80 Å². The molecule has 4 heteroatoms. The predicted octanol–water partition coefficient (Wildman–Crippen LogP) is 2.95. The topological polar surface area (TPSA) is 36.4 Å². The summed E-state index contributed by atoms with van der Waals surface area (Å²) < 4.78 is 0. The fourth-order valence-electron chi connectivity index (χ4n) is 4.20. The molecule has 4 nitrogen and oxygen atoms in total. The fourth-order valence-corrected chi connectivity index (χ4v) is 4.20. The van der Waals surface area contributed by atoms with Crippen LogP contribution in [0.25, 0.3) is 0 Å². The molecule has 2 fully saturated rings. The standard InChI is InChI=1S/C18H27N3O/c1-3-20(2)16-12-18(9-5-4-6-10-18)21(14-16)17(22)15-8-7-11-19-13-15/h7-8,11,13,16H,3-6,9-10,12,14H2,1-2H3. The van der Waals surface area contributed by atoms with Crippen LogP contribution >= 0.6 is 0 Å². The molecule has 1 spiro atoms. The lowest BCUT2D eigenvalue weighted by molar-refractivity contribution is 0.0499. The van der Waals surface area contributed by atoms with Crippen LogP contribution in [-0.2, 0) is 0 Å². The van der Waals surface area contributed by atoms with E-state index in [1.807, 2.05) is 12.1 Å². The van der Waals surface area contributed by atoms with E-state index in [1.165, 1.54) is 19.3 Å². The molecule has 0 aromatic carbocycles. The van der Waals surface area contributed by atoms with E-state index in [1.54, 1.807) is 12.4 Å². The van der Waals surface area contributed by atoms with Crippen molar-refractivity contribution in [2.24, 2.45) is 0 Å². The first kappa shape index (κ1) is 15.5. The van der Waals surface area contributed by atoms with E-state index < -0.39 is 0 Å². The number of nitrogens with zero attached hydrogens (tertiary/aromatic N) is 3. The molecule has 1 unspecified atom stereocenters. The molecule has 22 heavy (non-hydrogen) atoms. The van der Waals surface area contributed by atoms with Gasteiger partial charge in [0.05, 0.1) is 5.56 Å². The average Bonchev–Trinajstić information content (AvgIpc) is 2.93. The molecule has 2 aliphatic rings. The normalized spacial score (nSPS) is 24.1. The van der Waals surface area contributed by atoms with Gasteiger partial charge in [0, 0.05) is 30.5 Å². The third kappa shape index (κ3) is 2.76. The van der Waals surface area contributed by atoms with Crippen molar-refractivity contribution in [1.29, 1.82) is 0 Å². The van der Waals surface area contributed by atoms with Crippen LogP contribution in [0.15, 0.2) is 24.5 Å². The van der Waals surface area contributed by atoms with Crippen molar-refractivity contribution in [3.05, 3.63) is 30.1 Å². The predicted molar refractivity (Wildman–Crippen MR) is 87.8 cm³/mol. The number of aromatic nitrogens is 1. The molecule has 2 heterocycles. The maximum absolute atomic E-state index is 13.0. The first-order chi connectivity index (χ1) is 10.7. The Kier molecular flexibility index (Phi) is 4.48. The molecule has 0 bridgehead atoms. The van der Waals surface area contributed by atoms with Gasteiger partial charge in [-0.25, -0.2) is 0 Å². The Morgan fingerprint density at radius 1 is 1.41 bits per heavy atom. The van der Waals surface area contributed by atoms with Gasteiger partial charge in [-0.15, -0.1) is 0 Å². The van der Waals surface area contributed by atoms with E-state index in [2.05, 4.69) is 28.8 Å². The van der Waals surface area contributed by atoms with Gasteiger partial charge in [0.15, 0.2) is 0 Å². The Labute approximate surface area is 133 Å². The molecule has 1 aromatic rings. The Morgan fingerprint density at radius 3 is 2.82 bits per heavy atom. The van der Waals surface area contributed by atoms with Crippen molar-refractivity contribution in [3.63, 3.8) is 0 Å². The lowest BCUT2D eigenvalue weighted by atomic mass is 9.79. The highest BCUT2D eigenvalue weighted by molar-refractivity contribution is 5.94. The molecule has 1 saturated carbocycles. The summed E-state index contributed by atoms with van der Waals surface area (Å²) in [4.78, 5) is 21.7. The van der Waals surface area contributed by atoms with E-state index in [0.717, 1.165) is 37.9 Å². The molecule has 0 N–H and O–H groups in total. The molecule has 1 aliphatic carbocycles. The zero-order valence-corrected chi connectivity index (χ0v) is 13.8. The van der Waals surface area contributed by atoms with Gasteiger partial charge in [-0.3, -0.25) is 9.78 Å². The van der Waals surface area contributed by atoms with E-state index >= 15 is 0 Å². The van der Waals surface area contributed by atoms with Crippen LogP contribution in [0, 0.1) is 0 Å². The highest BCUT2D eigenvalue weighted by atomic mass is 16.2. The highest BCUT2D eigenvalue weighted by Gasteiger charge is 2.48. The fraction of sp³-hybridized carbons (Fsp3) is 0.667. The lowest BCUT2D eigenvalue weighted by Crippen LogP contribution is -2.48. The zero-order valence-electron chi connectivity index (χ0n) is 13.8. The Hall–Kier alpha value is -1.42. The minimum atomic E-state index is 0.0826. The van der Waals surface area contributed by atoms with E-state index in [9.17, 15) is 4.79 Å². The number of likely N-dealkylation sites (N-methyl/N-ethyl adjacent to an activating group) is 1. The summed E-state index contributed by atoms with van der Waals surface area (Å²) in [6.45, 7) is 4.09. The second kappa shape index (κ2) is 6.37. The second-order valence-corrected chi connectivity index (χ2v) is 6.87. The molecule has 1 aliphatic heterocycles. The third-order valence-electron chi connectivity index (χ3n) is 5.64. The molecule has 1 amide bonds. The van der Waals surface area contributed by atoms with Crippen molar-refractivity contribution in [1.82, 2.24) is 14.8 Å². The van der Waals surface area contributed by atoms with Crippen LogP contribution in [0.5, 0.6) is 0 Å². The van der Waals surface area contributed by atoms with Crippen LogP contribution < -0.4 is 0 Å². The summed E-state index contributed by atoms with van der Waals surface area (Å²) in [7, 11) is 2.18. The number of likely N-dealkylation sites (tertiary alicyclic amines) is 1. The lowest BCUT2D eigenvalue weighted by Gasteiger charge is -2.41. The van der Waals surface area contributed by atoms with Crippen LogP contribution in [-0.4, -0.2) is 52.4 Å². The minimum Gasteiger partial charge on any atom is -0.331 e. The van der Waals surface area contributed by atoms with Gasteiger partial charge in [-0.2, -0.15) is 0 Å². The molecule has 3 rings (SSSR count). The molecule has 1 atom stereocenters. The van der Waals surface area contributed by atoms with Gasteiger partial charge in [-0.05, 0) is 45.0 Å². The van der Waals surface area contributed by atoms with Gasteiger partial charge in [0.25, 0.3) is 5.91 Å². The smallest absolute Gasteiger partial charge is 0.255 e. The Morgan fingerprint density at radius 2 is 2.18 bits per heavy atom. The number of carbonyl (C=O) groups excluding carboxylic acids is 1. The molecular formula is C18H27N3O. The van der Waals surface area contributed by atoms with Gasteiger partial charge in [-0.1, -0.05) is 26.2 Å². The summed E-state index contributed by atoms with van der Waals surface area (Å²) >= 11 is 0. The molecule has 1 saturated heterocycles. The second-order valence-electron chi connectivity index (χ2n) is 6.87. The molecule has 1 aromatic heterocycles. The van der Waals surface area contributed by atoms with Crippen molar-refractivity contribution in [2.45, 2.75) is 57.0 Å². The van der Waals surface area contributed by atoms with Crippen LogP contribution in [0.1, 0.15) is 55.8 Å². The quantitative estimate of drug-likeness (QED) is 0.861. The van der Waals surface area contributed by atoms with Gasteiger partial charge >= 0.3 is 0 Å². The monoisotopic (exact) mass is 301 g/mol.